The van der Waals surface area contributed by atoms with Crippen molar-refractivity contribution in [2.24, 2.45) is 0 Å². The van der Waals surface area contributed by atoms with Crippen LogP contribution in [0.1, 0.15) is 0 Å². The summed E-state index contributed by atoms with van der Waals surface area (Å²) in [5.41, 5.74) is -0.675. The van der Waals surface area contributed by atoms with Crippen molar-refractivity contribution in [2.45, 2.75) is 0 Å². The molecule has 4 heteroatoms. The molecule has 20 heavy (non-hydrogen) atoms. The van der Waals surface area contributed by atoms with Crippen molar-refractivity contribution in [3.8, 4) is 22.6 Å². The van der Waals surface area contributed by atoms with Gasteiger partial charge >= 0.3 is 11.3 Å². The summed E-state index contributed by atoms with van der Waals surface area (Å²) in [7, 11) is 0. The van der Waals surface area contributed by atoms with Gasteiger partial charge < -0.3 is 8.83 Å². The van der Waals surface area contributed by atoms with Gasteiger partial charge in [-0.25, -0.2) is 9.59 Å². The summed E-state index contributed by atoms with van der Waals surface area (Å²) in [6.45, 7) is 0. The number of rotatable bonds is 2. The maximum absolute atomic E-state index is 11.4. The number of benzene rings is 2. The molecule has 3 aromatic rings. The van der Waals surface area contributed by atoms with Crippen LogP contribution < -0.4 is 11.3 Å². The summed E-state index contributed by atoms with van der Waals surface area (Å²) in [4.78, 5) is 22.8. The van der Waals surface area contributed by atoms with Gasteiger partial charge in [-0.3, -0.25) is 0 Å². The van der Waals surface area contributed by atoms with Gasteiger partial charge in [0.1, 0.15) is 0 Å². The van der Waals surface area contributed by atoms with Crippen LogP contribution >= 0.6 is 0 Å². The third-order valence-electron chi connectivity index (χ3n) is 2.83. The third-order valence-corrected chi connectivity index (χ3v) is 2.83. The minimum absolute atomic E-state index is 0.251. The maximum atomic E-state index is 11.4. The lowest BCUT2D eigenvalue weighted by atomic mass is 10.1. The topological polar surface area (TPSA) is 60.4 Å². The Morgan fingerprint density at radius 2 is 0.900 bits per heavy atom. The highest BCUT2D eigenvalue weighted by Crippen LogP contribution is 2.29. The Bertz CT molecular complexity index is 757. The molecule has 0 bridgehead atoms. The summed E-state index contributed by atoms with van der Waals surface area (Å²) in [5, 5.41) is 0. The molecule has 1 aromatic heterocycles. The molecule has 0 saturated carbocycles. The fourth-order valence-corrected chi connectivity index (χ4v) is 1.92. The van der Waals surface area contributed by atoms with Gasteiger partial charge in [-0.2, -0.15) is 0 Å². The molecule has 98 valence electrons. The average Bonchev–Trinajstić information content (AvgIpc) is 2.51. The quantitative estimate of drug-likeness (QED) is 0.669. The predicted octanol–water partition coefficient (Wildman–Crippen LogP) is 2.93. The smallest absolute Gasteiger partial charge is 0.413 e. The molecule has 0 unspecified atom stereocenters. The third kappa shape index (κ3) is 2.19. The largest absolute Gasteiger partial charge is 0.423 e. The van der Waals surface area contributed by atoms with Crippen molar-refractivity contribution in [3.63, 3.8) is 0 Å². The molecule has 0 aliphatic carbocycles. The molecule has 0 fully saturated rings. The molecule has 0 radical (unpaired) electrons. The van der Waals surface area contributed by atoms with Gasteiger partial charge in [0.2, 0.25) is 0 Å². The Morgan fingerprint density at radius 1 is 0.550 bits per heavy atom. The predicted molar refractivity (Wildman–Crippen MR) is 74.4 cm³/mol. The van der Waals surface area contributed by atoms with E-state index in [9.17, 15) is 9.59 Å². The fraction of sp³-hybridized carbons (Fsp3) is 0. The van der Waals surface area contributed by atoms with Crippen molar-refractivity contribution < 1.29 is 8.83 Å². The Morgan fingerprint density at radius 3 is 1.25 bits per heavy atom. The van der Waals surface area contributed by atoms with E-state index in [1.165, 1.54) is 0 Å². The van der Waals surface area contributed by atoms with E-state index in [4.69, 9.17) is 8.83 Å². The van der Waals surface area contributed by atoms with E-state index < -0.39 is 11.3 Å². The first-order valence-corrected chi connectivity index (χ1v) is 6.05. The molecule has 0 spiro atoms. The summed E-state index contributed by atoms with van der Waals surface area (Å²) in [5.74, 6) is 0.503. The lowest BCUT2D eigenvalue weighted by Crippen LogP contribution is -2.22. The number of hydrogen-bond donors (Lipinski definition) is 0. The zero-order chi connectivity index (χ0) is 13.9. The summed E-state index contributed by atoms with van der Waals surface area (Å²) >= 11 is 0. The van der Waals surface area contributed by atoms with Gasteiger partial charge in [-0.15, -0.1) is 0 Å². The second-order valence-electron chi connectivity index (χ2n) is 4.17. The normalized spacial score (nSPS) is 10.4. The monoisotopic (exact) mass is 266 g/mol. The molecule has 2 aromatic carbocycles. The lowest BCUT2D eigenvalue weighted by molar-refractivity contribution is 0.410. The van der Waals surface area contributed by atoms with E-state index in [0.717, 1.165) is 0 Å². The van der Waals surface area contributed by atoms with Crippen LogP contribution in [-0.4, -0.2) is 0 Å². The number of hydrogen-bond acceptors (Lipinski definition) is 4. The van der Waals surface area contributed by atoms with Crippen molar-refractivity contribution in [1.82, 2.24) is 0 Å². The molecular formula is C16H10O4. The zero-order valence-corrected chi connectivity index (χ0v) is 10.4. The molecule has 0 aliphatic heterocycles. The van der Waals surface area contributed by atoms with Gasteiger partial charge in [0, 0.05) is 11.1 Å². The van der Waals surface area contributed by atoms with Crippen LogP contribution in [0.4, 0.5) is 0 Å². The van der Waals surface area contributed by atoms with Gasteiger partial charge in [0.05, 0.1) is 0 Å². The van der Waals surface area contributed by atoms with Crippen LogP contribution in [0.2, 0.25) is 0 Å². The van der Waals surface area contributed by atoms with E-state index in [1.807, 2.05) is 36.4 Å². The second kappa shape index (κ2) is 5.01. The van der Waals surface area contributed by atoms with Crippen LogP contribution in [0.25, 0.3) is 22.6 Å². The average molecular weight is 266 g/mol. The van der Waals surface area contributed by atoms with Crippen molar-refractivity contribution in [2.75, 3.05) is 0 Å². The van der Waals surface area contributed by atoms with E-state index in [-0.39, 0.29) is 11.5 Å². The first kappa shape index (κ1) is 12.2. The summed E-state index contributed by atoms with van der Waals surface area (Å²) in [6, 6.07) is 18.1. The Hall–Kier alpha value is -2.88. The van der Waals surface area contributed by atoms with Gasteiger partial charge in [-0.05, 0) is 0 Å². The van der Waals surface area contributed by atoms with Crippen molar-refractivity contribution in [3.05, 3.63) is 81.5 Å². The van der Waals surface area contributed by atoms with E-state index in [2.05, 4.69) is 0 Å². The van der Waals surface area contributed by atoms with Crippen LogP contribution in [0.15, 0.2) is 79.1 Å². The van der Waals surface area contributed by atoms with Crippen LogP contribution in [0, 0.1) is 0 Å². The first-order chi connectivity index (χ1) is 9.75. The molecular weight excluding hydrogens is 256 g/mol. The highest BCUT2D eigenvalue weighted by atomic mass is 16.5. The molecule has 1 heterocycles. The fourth-order valence-electron chi connectivity index (χ4n) is 1.92. The molecule has 0 atom stereocenters. The van der Waals surface area contributed by atoms with Crippen molar-refractivity contribution >= 4 is 0 Å². The van der Waals surface area contributed by atoms with Crippen LogP contribution in [-0.2, 0) is 0 Å². The van der Waals surface area contributed by atoms with E-state index in [1.54, 1.807) is 24.3 Å². The zero-order valence-electron chi connectivity index (χ0n) is 10.4. The highest BCUT2D eigenvalue weighted by molar-refractivity contribution is 5.74. The Balaban J connectivity index is 2.32. The van der Waals surface area contributed by atoms with E-state index in [0.29, 0.717) is 11.1 Å². The van der Waals surface area contributed by atoms with Gasteiger partial charge in [0.15, 0.2) is 11.5 Å². The molecule has 0 saturated heterocycles. The molecule has 4 nitrogen and oxygen atoms in total. The first-order valence-electron chi connectivity index (χ1n) is 6.05. The maximum Gasteiger partial charge on any atom is 0.423 e. The van der Waals surface area contributed by atoms with Crippen LogP contribution in [0.5, 0.6) is 0 Å². The van der Waals surface area contributed by atoms with Gasteiger partial charge in [-0.1, -0.05) is 60.7 Å². The minimum Gasteiger partial charge on any atom is -0.413 e. The molecule has 0 amide bonds. The Kier molecular flexibility index (Phi) is 3.05. The standard InChI is InChI=1S/C16H10O4/c17-15-16(18)20-14(12-9-5-2-6-10-12)13(19-15)11-7-3-1-4-8-11/h1-10H. The molecule has 0 N–H and O–H groups in total. The molecule has 0 aliphatic rings. The second-order valence-corrected chi connectivity index (χ2v) is 4.17. The van der Waals surface area contributed by atoms with Crippen LogP contribution in [0.3, 0.4) is 0 Å². The van der Waals surface area contributed by atoms with Gasteiger partial charge in [0.25, 0.3) is 0 Å². The Labute approximate surface area is 113 Å². The minimum atomic E-state index is -1.01. The lowest BCUT2D eigenvalue weighted by Gasteiger charge is -2.05. The summed E-state index contributed by atoms with van der Waals surface area (Å²) < 4.78 is 10.2. The molecule has 3 rings (SSSR count). The highest BCUT2D eigenvalue weighted by Gasteiger charge is 2.15. The van der Waals surface area contributed by atoms with E-state index >= 15 is 0 Å². The summed E-state index contributed by atoms with van der Waals surface area (Å²) in [6.07, 6.45) is 0. The SMILES string of the molecule is O=c1oc(-c2ccccc2)c(-c2ccccc2)oc1=O. The van der Waals surface area contributed by atoms with Crippen molar-refractivity contribution in [1.29, 1.82) is 0 Å².